The highest BCUT2D eigenvalue weighted by Gasteiger charge is 2.09. The fraction of sp³-hybridized carbons (Fsp3) is 0.182. The SMILES string of the molecule is C=CCCNC(=O)c1cc(F)ccc1Br. The first-order valence-electron chi connectivity index (χ1n) is 4.49. The van der Waals surface area contributed by atoms with Crippen LogP contribution in [0.4, 0.5) is 4.39 Å². The van der Waals surface area contributed by atoms with Gasteiger partial charge in [-0.3, -0.25) is 4.79 Å². The molecular weight excluding hydrogens is 261 g/mol. The van der Waals surface area contributed by atoms with Gasteiger partial charge in [-0.25, -0.2) is 4.39 Å². The molecule has 1 amide bonds. The summed E-state index contributed by atoms with van der Waals surface area (Å²) >= 11 is 3.19. The average molecular weight is 272 g/mol. The maximum Gasteiger partial charge on any atom is 0.252 e. The van der Waals surface area contributed by atoms with Crippen LogP contribution in [0.15, 0.2) is 35.3 Å². The van der Waals surface area contributed by atoms with Crippen molar-refractivity contribution >= 4 is 21.8 Å². The second kappa shape index (κ2) is 5.66. The number of benzene rings is 1. The van der Waals surface area contributed by atoms with Gasteiger partial charge in [0, 0.05) is 11.0 Å². The van der Waals surface area contributed by atoms with Crippen molar-refractivity contribution in [2.75, 3.05) is 6.54 Å². The van der Waals surface area contributed by atoms with Gasteiger partial charge in [-0.1, -0.05) is 6.08 Å². The first-order valence-corrected chi connectivity index (χ1v) is 5.28. The molecule has 0 aromatic heterocycles. The van der Waals surface area contributed by atoms with E-state index in [-0.39, 0.29) is 5.91 Å². The molecule has 0 bridgehead atoms. The summed E-state index contributed by atoms with van der Waals surface area (Å²) in [6, 6.07) is 4.01. The number of carbonyl (C=O) groups excluding carboxylic acids is 1. The van der Waals surface area contributed by atoms with Crippen molar-refractivity contribution in [2.24, 2.45) is 0 Å². The minimum Gasteiger partial charge on any atom is -0.352 e. The van der Waals surface area contributed by atoms with E-state index in [4.69, 9.17) is 0 Å². The van der Waals surface area contributed by atoms with E-state index < -0.39 is 5.82 Å². The van der Waals surface area contributed by atoms with Gasteiger partial charge in [0.15, 0.2) is 0 Å². The van der Waals surface area contributed by atoms with E-state index in [1.807, 2.05) is 0 Å². The molecule has 1 aromatic carbocycles. The normalized spacial score (nSPS) is 9.73. The lowest BCUT2D eigenvalue weighted by Crippen LogP contribution is -2.24. The van der Waals surface area contributed by atoms with E-state index in [1.54, 1.807) is 6.08 Å². The molecule has 0 heterocycles. The van der Waals surface area contributed by atoms with Crippen molar-refractivity contribution in [3.63, 3.8) is 0 Å². The molecule has 2 nitrogen and oxygen atoms in total. The predicted molar refractivity (Wildman–Crippen MR) is 61.2 cm³/mol. The number of amides is 1. The summed E-state index contributed by atoms with van der Waals surface area (Å²) in [6.07, 6.45) is 2.40. The molecule has 1 rings (SSSR count). The van der Waals surface area contributed by atoms with E-state index in [1.165, 1.54) is 18.2 Å². The van der Waals surface area contributed by atoms with Crippen molar-refractivity contribution < 1.29 is 9.18 Å². The van der Waals surface area contributed by atoms with E-state index in [2.05, 4.69) is 27.8 Å². The molecule has 1 aromatic rings. The van der Waals surface area contributed by atoms with Crippen LogP contribution in [0.25, 0.3) is 0 Å². The highest BCUT2D eigenvalue weighted by Crippen LogP contribution is 2.17. The summed E-state index contributed by atoms with van der Waals surface area (Å²) in [5, 5.41) is 2.66. The maximum absolute atomic E-state index is 12.9. The molecule has 0 atom stereocenters. The molecule has 0 aliphatic heterocycles. The number of nitrogens with one attached hydrogen (secondary N) is 1. The molecule has 0 unspecified atom stereocenters. The van der Waals surface area contributed by atoms with E-state index in [0.717, 1.165) is 0 Å². The van der Waals surface area contributed by atoms with Crippen LogP contribution in [0, 0.1) is 5.82 Å². The summed E-state index contributed by atoms with van der Waals surface area (Å²) < 4.78 is 13.5. The highest BCUT2D eigenvalue weighted by molar-refractivity contribution is 9.10. The van der Waals surface area contributed by atoms with Gasteiger partial charge in [0.05, 0.1) is 5.56 Å². The van der Waals surface area contributed by atoms with Crippen LogP contribution in [-0.2, 0) is 0 Å². The number of hydrogen-bond donors (Lipinski definition) is 1. The fourth-order valence-corrected chi connectivity index (χ4v) is 1.48. The number of rotatable bonds is 4. The fourth-order valence-electron chi connectivity index (χ4n) is 1.05. The zero-order chi connectivity index (χ0) is 11.3. The average Bonchev–Trinajstić information content (AvgIpc) is 2.22. The zero-order valence-electron chi connectivity index (χ0n) is 8.09. The van der Waals surface area contributed by atoms with Gasteiger partial charge in [-0.2, -0.15) is 0 Å². The zero-order valence-corrected chi connectivity index (χ0v) is 9.68. The summed E-state index contributed by atoms with van der Waals surface area (Å²) in [6.45, 7) is 4.05. The van der Waals surface area contributed by atoms with Gasteiger partial charge >= 0.3 is 0 Å². The van der Waals surface area contributed by atoms with Gasteiger partial charge < -0.3 is 5.32 Å². The van der Waals surface area contributed by atoms with E-state index >= 15 is 0 Å². The van der Waals surface area contributed by atoms with Crippen LogP contribution in [0.3, 0.4) is 0 Å². The standard InChI is InChI=1S/C11H11BrFNO/c1-2-3-6-14-11(15)9-7-8(13)4-5-10(9)12/h2,4-5,7H,1,3,6H2,(H,14,15). The second-order valence-electron chi connectivity index (χ2n) is 2.96. The van der Waals surface area contributed by atoms with Gasteiger partial charge in [0.1, 0.15) is 5.82 Å². The van der Waals surface area contributed by atoms with Crippen LogP contribution in [0.2, 0.25) is 0 Å². The molecule has 0 radical (unpaired) electrons. The molecule has 0 aliphatic carbocycles. The molecule has 4 heteroatoms. The number of carbonyl (C=O) groups is 1. The first-order chi connectivity index (χ1) is 7.15. The third-order valence-corrected chi connectivity index (χ3v) is 2.50. The third-order valence-electron chi connectivity index (χ3n) is 1.81. The summed E-state index contributed by atoms with van der Waals surface area (Å²) in [4.78, 5) is 11.6. The molecule has 0 aliphatic rings. The Kier molecular flexibility index (Phi) is 4.49. The summed E-state index contributed by atoms with van der Waals surface area (Å²) in [7, 11) is 0. The molecule has 0 spiro atoms. The molecular formula is C11H11BrFNO. The maximum atomic E-state index is 12.9. The van der Waals surface area contributed by atoms with E-state index in [9.17, 15) is 9.18 Å². The Hall–Kier alpha value is -1.16. The Morgan fingerprint density at radius 1 is 1.60 bits per heavy atom. The molecule has 1 N–H and O–H groups in total. The van der Waals surface area contributed by atoms with Crippen LogP contribution in [0.5, 0.6) is 0 Å². The minimum absolute atomic E-state index is 0.289. The van der Waals surface area contributed by atoms with Gasteiger partial charge in [-0.15, -0.1) is 6.58 Å². The Balaban J connectivity index is 2.72. The number of hydrogen-bond acceptors (Lipinski definition) is 1. The van der Waals surface area contributed by atoms with Crippen molar-refractivity contribution in [1.82, 2.24) is 5.32 Å². The van der Waals surface area contributed by atoms with Crippen molar-refractivity contribution in [3.8, 4) is 0 Å². The number of halogens is 2. The molecule has 80 valence electrons. The predicted octanol–water partition coefficient (Wildman–Crippen LogP) is 2.89. The Morgan fingerprint density at radius 2 is 2.33 bits per heavy atom. The van der Waals surface area contributed by atoms with Crippen LogP contribution in [-0.4, -0.2) is 12.5 Å². The largest absolute Gasteiger partial charge is 0.352 e. The lowest BCUT2D eigenvalue weighted by Gasteiger charge is -2.05. The van der Waals surface area contributed by atoms with Crippen molar-refractivity contribution in [1.29, 1.82) is 0 Å². The Morgan fingerprint density at radius 3 is 3.00 bits per heavy atom. The first kappa shape index (κ1) is 11.9. The summed E-state index contributed by atoms with van der Waals surface area (Å²) in [5.74, 6) is -0.713. The minimum atomic E-state index is -0.424. The van der Waals surface area contributed by atoms with Crippen molar-refractivity contribution in [2.45, 2.75) is 6.42 Å². The van der Waals surface area contributed by atoms with Crippen LogP contribution < -0.4 is 5.32 Å². The summed E-state index contributed by atoms with van der Waals surface area (Å²) in [5.41, 5.74) is 0.305. The topological polar surface area (TPSA) is 29.1 Å². The lowest BCUT2D eigenvalue weighted by atomic mass is 10.2. The van der Waals surface area contributed by atoms with Crippen LogP contribution in [0.1, 0.15) is 16.8 Å². The lowest BCUT2D eigenvalue weighted by molar-refractivity contribution is 0.0953. The quantitative estimate of drug-likeness (QED) is 0.662. The molecule has 0 saturated heterocycles. The molecule has 0 saturated carbocycles. The highest BCUT2D eigenvalue weighted by atomic mass is 79.9. The smallest absolute Gasteiger partial charge is 0.252 e. The van der Waals surface area contributed by atoms with Gasteiger partial charge in [0.25, 0.3) is 5.91 Å². The van der Waals surface area contributed by atoms with E-state index in [0.29, 0.717) is 23.0 Å². The Labute approximate surface area is 96.3 Å². The third kappa shape index (κ3) is 3.47. The second-order valence-corrected chi connectivity index (χ2v) is 3.81. The Bertz CT molecular complexity index is 379. The van der Waals surface area contributed by atoms with Gasteiger partial charge in [-0.05, 0) is 40.5 Å². The molecule has 0 fully saturated rings. The van der Waals surface area contributed by atoms with Gasteiger partial charge in [0.2, 0.25) is 0 Å². The monoisotopic (exact) mass is 271 g/mol. The molecule has 15 heavy (non-hydrogen) atoms. The van der Waals surface area contributed by atoms with Crippen molar-refractivity contribution in [3.05, 3.63) is 46.7 Å². The van der Waals surface area contributed by atoms with Crippen LogP contribution >= 0.6 is 15.9 Å².